The Morgan fingerprint density at radius 1 is 1.14 bits per heavy atom. The summed E-state index contributed by atoms with van der Waals surface area (Å²) in [6.45, 7) is 9.84. The lowest BCUT2D eigenvalue weighted by molar-refractivity contribution is -0.127. The van der Waals surface area contributed by atoms with Gasteiger partial charge in [-0.3, -0.25) is 9.36 Å². The first-order chi connectivity index (χ1) is 17.5. The number of hydrogen-bond acceptors (Lipinski definition) is 7. The molecular weight excluding hydrogens is 498 g/mol. The number of morpholine rings is 1. The monoisotopic (exact) mass is 531 g/mol. The molecule has 1 amide bonds. The fourth-order valence-electron chi connectivity index (χ4n) is 4.60. The minimum atomic E-state index is -3.64. The Morgan fingerprint density at radius 2 is 1.83 bits per heavy atom. The van der Waals surface area contributed by atoms with Gasteiger partial charge >= 0.3 is 0 Å². The summed E-state index contributed by atoms with van der Waals surface area (Å²) >= 11 is 1.36. The summed E-state index contributed by atoms with van der Waals surface area (Å²) in [5, 5.41) is 9.57. The highest BCUT2D eigenvalue weighted by atomic mass is 32.2. The van der Waals surface area contributed by atoms with Crippen LogP contribution in [0.1, 0.15) is 31.7 Å². The Kier molecular flexibility index (Phi) is 9.00. The second-order valence-electron chi connectivity index (χ2n) is 8.82. The Hall–Kier alpha value is -2.47. The van der Waals surface area contributed by atoms with Crippen LogP contribution in [0.3, 0.4) is 0 Å². The summed E-state index contributed by atoms with van der Waals surface area (Å²) in [6.07, 6.45) is 7.62. The van der Waals surface area contributed by atoms with Crippen LogP contribution in [0.2, 0.25) is 0 Å². The average molecular weight is 532 g/mol. The highest BCUT2D eigenvalue weighted by Crippen LogP contribution is 2.37. The van der Waals surface area contributed by atoms with E-state index in [9.17, 15) is 13.2 Å². The zero-order valence-electron chi connectivity index (χ0n) is 20.4. The lowest BCUT2D eigenvalue weighted by Crippen LogP contribution is -2.40. The standard InChI is InChI=1S/C25H33N5O4S2/c1-3-12-28(13-4-2)23(31)19-35-25-27-26-24(30(25)21-9-5-6-10-21)20-8-7-11-22(18-20)36(32,33)29-14-16-34-17-15-29/h3-4,7-8,11,18,21H,1-2,5-6,9-10,12-17,19H2. The molecule has 194 valence electrons. The SMILES string of the molecule is C=CCN(CC=C)C(=O)CSc1nnc(-c2cccc(S(=O)(=O)N3CCOCC3)c2)n1C1CCCC1. The second kappa shape index (κ2) is 12.2. The summed E-state index contributed by atoms with van der Waals surface area (Å²) in [7, 11) is -3.64. The zero-order valence-corrected chi connectivity index (χ0v) is 22.1. The normalized spacial score (nSPS) is 17.2. The number of nitrogens with zero attached hydrogens (tertiary/aromatic N) is 5. The van der Waals surface area contributed by atoms with Crippen LogP contribution in [-0.2, 0) is 19.6 Å². The highest BCUT2D eigenvalue weighted by molar-refractivity contribution is 7.99. The van der Waals surface area contributed by atoms with Gasteiger partial charge in [-0.1, -0.05) is 48.9 Å². The Labute approximate surface area is 217 Å². The molecule has 0 N–H and O–H groups in total. The first kappa shape index (κ1) is 26.6. The summed E-state index contributed by atoms with van der Waals surface area (Å²) < 4.78 is 35.3. The molecule has 1 aromatic carbocycles. The predicted molar refractivity (Wildman–Crippen MR) is 140 cm³/mol. The fourth-order valence-corrected chi connectivity index (χ4v) is 6.97. The molecule has 2 aromatic rings. The number of thioether (sulfide) groups is 1. The molecule has 0 radical (unpaired) electrons. The van der Waals surface area contributed by atoms with Crippen molar-refractivity contribution in [3.05, 3.63) is 49.6 Å². The maximum Gasteiger partial charge on any atom is 0.243 e. The van der Waals surface area contributed by atoms with E-state index in [0.717, 1.165) is 25.7 Å². The molecule has 2 heterocycles. The van der Waals surface area contributed by atoms with Crippen LogP contribution in [0.15, 0.2) is 59.6 Å². The molecule has 4 rings (SSSR count). The number of benzene rings is 1. The number of carbonyl (C=O) groups is 1. The summed E-state index contributed by atoms with van der Waals surface area (Å²) in [5.41, 5.74) is 0.696. The number of rotatable bonds is 11. The zero-order chi connectivity index (χ0) is 25.5. The molecule has 1 saturated carbocycles. The van der Waals surface area contributed by atoms with Crippen LogP contribution < -0.4 is 0 Å². The van der Waals surface area contributed by atoms with Crippen molar-refractivity contribution in [2.45, 2.75) is 41.8 Å². The van der Waals surface area contributed by atoms with E-state index in [1.807, 2.05) is 6.07 Å². The molecule has 11 heteroatoms. The van der Waals surface area contributed by atoms with Crippen molar-refractivity contribution < 1.29 is 17.9 Å². The summed E-state index contributed by atoms with van der Waals surface area (Å²) in [5.74, 6) is 0.823. The molecule has 0 bridgehead atoms. The molecular formula is C25H33N5O4S2. The van der Waals surface area contributed by atoms with Crippen LogP contribution >= 0.6 is 11.8 Å². The number of amides is 1. The van der Waals surface area contributed by atoms with E-state index in [4.69, 9.17) is 4.74 Å². The van der Waals surface area contributed by atoms with E-state index in [1.165, 1.54) is 16.1 Å². The molecule has 36 heavy (non-hydrogen) atoms. The fraction of sp³-hybridized carbons (Fsp3) is 0.480. The third-order valence-electron chi connectivity index (χ3n) is 6.43. The van der Waals surface area contributed by atoms with Gasteiger partial charge in [0.1, 0.15) is 0 Å². The van der Waals surface area contributed by atoms with Crippen molar-refractivity contribution in [3.63, 3.8) is 0 Å². The first-order valence-electron chi connectivity index (χ1n) is 12.2. The smallest absolute Gasteiger partial charge is 0.243 e. The molecule has 1 aromatic heterocycles. The Morgan fingerprint density at radius 3 is 2.50 bits per heavy atom. The molecule has 1 aliphatic heterocycles. The van der Waals surface area contributed by atoms with E-state index >= 15 is 0 Å². The van der Waals surface area contributed by atoms with Crippen molar-refractivity contribution in [1.29, 1.82) is 0 Å². The predicted octanol–water partition coefficient (Wildman–Crippen LogP) is 3.37. The van der Waals surface area contributed by atoms with E-state index < -0.39 is 10.0 Å². The largest absolute Gasteiger partial charge is 0.379 e. The van der Waals surface area contributed by atoms with Crippen molar-refractivity contribution in [2.24, 2.45) is 0 Å². The van der Waals surface area contributed by atoms with Gasteiger partial charge in [0, 0.05) is 37.8 Å². The summed E-state index contributed by atoms with van der Waals surface area (Å²) in [6, 6.07) is 7.12. The number of aromatic nitrogens is 3. The van der Waals surface area contributed by atoms with Gasteiger partial charge in [0.05, 0.1) is 23.9 Å². The average Bonchev–Trinajstić information content (AvgIpc) is 3.57. The number of hydrogen-bond donors (Lipinski definition) is 0. The van der Waals surface area contributed by atoms with Gasteiger partial charge in [-0.15, -0.1) is 23.4 Å². The van der Waals surface area contributed by atoms with Crippen molar-refractivity contribution >= 4 is 27.7 Å². The van der Waals surface area contributed by atoms with Gasteiger partial charge in [-0.2, -0.15) is 4.31 Å². The highest BCUT2D eigenvalue weighted by Gasteiger charge is 2.29. The van der Waals surface area contributed by atoms with Gasteiger partial charge in [-0.05, 0) is 25.0 Å². The maximum atomic E-state index is 13.2. The quantitative estimate of drug-likeness (QED) is 0.324. The van der Waals surface area contributed by atoms with E-state index in [2.05, 4.69) is 27.9 Å². The van der Waals surface area contributed by atoms with Crippen molar-refractivity contribution in [2.75, 3.05) is 45.1 Å². The van der Waals surface area contributed by atoms with Crippen LogP contribution in [0.25, 0.3) is 11.4 Å². The molecule has 0 atom stereocenters. The Balaban J connectivity index is 1.62. The van der Waals surface area contributed by atoms with Crippen LogP contribution in [0.4, 0.5) is 0 Å². The van der Waals surface area contributed by atoms with Crippen LogP contribution in [0, 0.1) is 0 Å². The third-order valence-corrected chi connectivity index (χ3v) is 9.25. The third kappa shape index (κ3) is 5.91. The number of ether oxygens (including phenoxy) is 1. The number of carbonyl (C=O) groups excluding carboxylic acids is 1. The molecule has 0 unspecified atom stereocenters. The van der Waals surface area contributed by atoms with Gasteiger partial charge in [0.2, 0.25) is 15.9 Å². The molecule has 1 aliphatic carbocycles. The maximum absolute atomic E-state index is 13.2. The van der Waals surface area contributed by atoms with Gasteiger partial charge in [0.15, 0.2) is 11.0 Å². The molecule has 2 aliphatic rings. The Bertz CT molecular complexity index is 1170. The van der Waals surface area contributed by atoms with Crippen LogP contribution in [-0.4, -0.2) is 83.4 Å². The lowest BCUT2D eigenvalue weighted by atomic mass is 10.2. The van der Waals surface area contributed by atoms with Crippen molar-refractivity contribution in [3.8, 4) is 11.4 Å². The second-order valence-corrected chi connectivity index (χ2v) is 11.7. The van der Waals surface area contributed by atoms with Gasteiger partial charge < -0.3 is 9.64 Å². The minimum absolute atomic E-state index is 0.0269. The first-order valence-corrected chi connectivity index (χ1v) is 14.6. The van der Waals surface area contributed by atoms with E-state index in [-0.39, 0.29) is 22.6 Å². The molecule has 9 nitrogen and oxygen atoms in total. The summed E-state index contributed by atoms with van der Waals surface area (Å²) in [4.78, 5) is 14.7. The lowest BCUT2D eigenvalue weighted by Gasteiger charge is -2.26. The van der Waals surface area contributed by atoms with Crippen molar-refractivity contribution in [1.82, 2.24) is 24.0 Å². The van der Waals surface area contributed by atoms with Gasteiger partial charge in [-0.25, -0.2) is 8.42 Å². The minimum Gasteiger partial charge on any atom is -0.379 e. The molecule has 0 spiro atoms. The molecule has 2 fully saturated rings. The number of sulfonamides is 1. The van der Waals surface area contributed by atoms with E-state index in [0.29, 0.717) is 55.9 Å². The van der Waals surface area contributed by atoms with E-state index in [1.54, 1.807) is 35.3 Å². The van der Waals surface area contributed by atoms with Crippen LogP contribution in [0.5, 0.6) is 0 Å². The molecule has 1 saturated heterocycles. The topological polar surface area (TPSA) is 97.6 Å². The van der Waals surface area contributed by atoms with Gasteiger partial charge in [0.25, 0.3) is 0 Å².